The monoisotopic (exact) mass is 391 g/mol. The largest absolute Gasteiger partial charge is 0.493 e. The molecule has 28 heavy (non-hydrogen) atoms. The Hall–Kier alpha value is -3.29. The van der Waals surface area contributed by atoms with Gasteiger partial charge in [0.2, 0.25) is 5.75 Å². The van der Waals surface area contributed by atoms with Crippen molar-refractivity contribution in [2.75, 3.05) is 34.5 Å². The van der Waals surface area contributed by atoms with Crippen LogP contribution in [0, 0.1) is 5.82 Å². The minimum atomic E-state index is -0.719. The third kappa shape index (κ3) is 5.35. The molecule has 0 aliphatic rings. The molecule has 0 radical (unpaired) electrons. The van der Waals surface area contributed by atoms with E-state index in [0.29, 0.717) is 29.2 Å². The standard InChI is InChI=1S/C20H22FNO6/c1-25-16-10-14(11-17(26-2)19(16)27-3)20(24)28-12-18(23)22-9-8-13-6-4-5-7-15(13)21/h4-7,10-11H,8-9,12H2,1-3H3,(H,22,23). The third-order valence-electron chi connectivity index (χ3n) is 3.91. The number of rotatable bonds is 9. The molecule has 0 bridgehead atoms. The molecule has 2 aromatic carbocycles. The van der Waals surface area contributed by atoms with Crippen LogP contribution in [0.2, 0.25) is 0 Å². The first-order valence-electron chi connectivity index (χ1n) is 8.47. The minimum Gasteiger partial charge on any atom is -0.493 e. The van der Waals surface area contributed by atoms with Crippen LogP contribution in [-0.4, -0.2) is 46.4 Å². The summed E-state index contributed by atoms with van der Waals surface area (Å²) in [4.78, 5) is 24.1. The first kappa shape index (κ1) is 21.0. The fourth-order valence-corrected chi connectivity index (χ4v) is 2.50. The smallest absolute Gasteiger partial charge is 0.338 e. The van der Waals surface area contributed by atoms with Gasteiger partial charge in [-0.1, -0.05) is 18.2 Å². The topological polar surface area (TPSA) is 83.1 Å². The number of halogens is 1. The Labute approximate surface area is 162 Å². The van der Waals surface area contributed by atoms with Gasteiger partial charge >= 0.3 is 5.97 Å². The van der Waals surface area contributed by atoms with E-state index >= 15 is 0 Å². The normalized spacial score (nSPS) is 10.1. The molecule has 8 heteroatoms. The van der Waals surface area contributed by atoms with Crippen LogP contribution in [0.3, 0.4) is 0 Å². The summed E-state index contributed by atoms with van der Waals surface area (Å²) in [6.07, 6.45) is 0.333. The van der Waals surface area contributed by atoms with E-state index in [1.54, 1.807) is 18.2 Å². The molecule has 1 N–H and O–H groups in total. The molecular formula is C20H22FNO6. The summed E-state index contributed by atoms with van der Waals surface area (Å²) in [5.74, 6) is -0.607. The third-order valence-corrected chi connectivity index (χ3v) is 3.91. The molecule has 0 saturated carbocycles. The van der Waals surface area contributed by atoms with E-state index in [1.165, 1.54) is 39.5 Å². The Morgan fingerprint density at radius 3 is 2.21 bits per heavy atom. The first-order valence-corrected chi connectivity index (χ1v) is 8.47. The molecule has 2 aromatic rings. The van der Waals surface area contributed by atoms with E-state index in [9.17, 15) is 14.0 Å². The highest BCUT2D eigenvalue weighted by Gasteiger charge is 2.18. The van der Waals surface area contributed by atoms with Crippen LogP contribution in [0.5, 0.6) is 17.2 Å². The summed E-state index contributed by atoms with van der Waals surface area (Å²) < 4.78 is 34.1. The van der Waals surface area contributed by atoms with E-state index in [-0.39, 0.29) is 17.9 Å². The average molecular weight is 391 g/mol. The summed E-state index contributed by atoms with van der Waals surface area (Å²) in [5, 5.41) is 2.58. The zero-order valence-corrected chi connectivity index (χ0v) is 15.9. The Balaban J connectivity index is 1.89. The minimum absolute atomic E-state index is 0.147. The van der Waals surface area contributed by atoms with E-state index in [1.807, 2.05) is 0 Å². The van der Waals surface area contributed by atoms with Gasteiger partial charge in [0, 0.05) is 6.54 Å². The molecule has 0 atom stereocenters. The van der Waals surface area contributed by atoms with Crippen molar-refractivity contribution in [3.05, 3.63) is 53.3 Å². The molecule has 0 heterocycles. The Kier molecular flexibility index (Phi) is 7.62. The van der Waals surface area contributed by atoms with Crippen LogP contribution >= 0.6 is 0 Å². The zero-order valence-electron chi connectivity index (χ0n) is 15.9. The number of nitrogens with one attached hydrogen (secondary N) is 1. The summed E-state index contributed by atoms with van der Waals surface area (Å²) in [7, 11) is 4.30. The maximum atomic E-state index is 13.5. The Morgan fingerprint density at radius 1 is 1.00 bits per heavy atom. The molecule has 0 fully saturated rings. The highest BCUT2D eigenvalue weighted by molar-refractivity contribution is 5.92. The number of hydrogen-bond donors (Lipinski definition) is 1. The van der Waals surface area contributed by atoms with Crippen LogP contribution in [-0.2, 0) is 16.0 Å². The van der Waals surface area contributed by atoms with Crippen molar-refractivity contribution in [1.29, 1.82) is 0 Å². The number of benzene rings is 2. The van der Waals surface area contributed by atoms with Crippen LogP contribution in [0.1, 0.15) is 15.9 Å². The van der Waals surface area contributed by atoms with Gasteiger partial charge in [-0.25, -0.2) is 9.18 Å². The van der Waals surface area contributed by atoms with Crippen molar-refractivity contribution < 1.29 is 32.9 Å². The van der Waals surface area contributed by atoms with Gasteiger partial charge in [0.1, 0.15) is 5.82 Å². The van der Waals surface area contributed by atoms with Crippen LogP contribution in [0.25, 0.3) is 0 Å². The van der Waals surface area contributed by atoms with Crippen molar-refractivity contribution in [3.63, 3.8) is 0 Å². The van der Waals surface area contributed by atoms with Gasteiger partial charge in [0.15, 0.2) is 18.1 Å². The van der Waals surface area contributed by atoms with Crippen LogP contribution in [0.15, 0.2) is 36.4 Å². The molecule has 0 aromatic heterocycles. The predicted molar refractivity (Wildman–Crippen MR) is 99.5 cm³/mol. The lowest BCUT2D eigenvalue weighted by Crippen LogP contribution is -2.30. The quantitative estimate of drug-likeness (QED) is 0.661. The van der Waals surface area contributed by atoms with Gasteiger partial charge in [-0.05, 0) is 30.2 Å². The lowest BCUT2D eigenvalue weighted by atomic mass is 10.1. The van der Waals surface area contributed by atoms with Gasteiger partial charge in [0.05, 0.1) is 26.9 Å². The number of hydrogen-bond acceptors (Lipinski definition) is 6. The molecule has 2 rings (SSSR count). The lowest BCUT2D eigenvalue weighted by Gasteiger charge is -2.13. The summed E-state index contributed by atoms with van der Waals surface area (Å²) in [5.41, 5.74) is 0.644. The SMILES string of the molecule is COc1cc(C(=O)OCC(=O)NCCc2ccccc2F)cc(OC)c1OC. The van der Waals surface area contributed by atoms with Crippen molar-refractivity contribution in [3.8, 4) is 17.2 Å². The van der Waals surface area contributed by atoms with Crippen molar-refractivity contribution in [2.45, 2.75) is 6.42 Å². The van der Waals surface area contributed by atoms with Crippen molar-refractivity contribution in [1.82, 2.24) is 5.32 Å². The highest BCUT2D eigenvalue weighted by Crippen LogP contribution is 2.38. The van der Waals surface area contributed by atoms with Crippen molar-refractivity contribution in [2.24, 2.45) is 0 Å². The van der Waals surface area contributed by atoms with E-state index < -0.39 is 18.5 Å². The number of ether oxygens (including phenoxy) is 4. The molecule has 7 nitrogen and oxygen atoms in total. The second-order valence-corrected chi connectivity index (χ2v) is 5.68. The van der Waals surface area contributed by atoms with Gasteiger partial charge in [-0.15, -0.1) is 0 Å². The number of carbonyl (C=O) groups is 2. The molecular weight excluding hydrogens is 369 g/mol. The predicted octanol–water partition coefficient (Wildman–Crippen LogP) is 2.37. The lowest BCUT2D eigenvalue weighted by molar-refractivity contribution is -0.124. The molecule has 0 saturated heterocycles. The van der Waals surface area contributed by atoms with E-state index in [0.717, 1.165) is 0 Å². The highest BCUT2D eigenvalue weighted by atomic mass is 19.1. The van der Waals surface area contributed by atoms with Gasteiger partial charge in [-0.2, -0.15) is 0 Å². The molecule has 150 valence electrons. The molecule has 0 aliphatic carbocycles. The molecule has 0 spiro atoms. The van der Waals surface area contributed by atoms with Gasteiger partial charge < -0.3 is 24.3 Å². The number of amides is 1. The van der Waals surface area contributed by atoms with Crippen LogP contribution in [0.4, 0.5) is 4.39 Å². The van der Waals surface area contributed by atoms with Crippen molar-refractivity contribution >= 4 is 11.9 Å². The Bertz CT molecular complexity index is 814. The number of esters is 1. The van der Waals surface area contributed by atoms with Crippen LogP contribution < -0.4 is 19.5 Å². The van der Waals surface area contributed by atoms with Gasteiger partial charge in [0.25, 0.3) is 5.91 Å². The summed E-state index contributed by atoms with van der Waals surface area (Å²) >= 11 is 0. The summed E-state index contributed by atoms with van der Waals surface area (Å²) in [6, 6.07) is 9.18. The average Bonchev–Trinajstić information content (AvgIpc) is 2.72. The first-order chi connectivity index (χ1) is 13.5. The van der Waals surface area contributed by atoms with E-state index in [2.05, 4.69) is 5.32 Å². The zero-order chi connectivity index (χ0) is 20.5. The number of carbonyl (C=O) groups excluding carboxylic acids is 2. The van der Waals surface area contributed by atoms with Gasteiger partial charge in [-0.3, -0.25) is 4.79 Å². The second kappa shape index (κ2) is 10.1. The Morgan fingerprint density at radius 2 is 1.64 bits per heavy atom. The maximum Gasteiger partial charge on any atom is 0.338 e. The fourth-order valence-electron chi connectivity index (χ4n) is 2.50. The maximum absolute atomic E-state index is 13.5. The molecule has 1 amide bonds. The summed E-state index contributed by atoms with van der Waals surface area (Å²) in [6.45, 7) is -0.242. The number of methoxy groups -OCH3 is 3. The molecule has 0 unspecified atom stereocenters. The van der Waals surface area contributed by atoms with E-state index in [4.69, 9.17) is 18.9 Å². The molecule has 0 aliphatic heterocycles. The fraction of sp³-hybridized carbons (Fsp3) is 0.300. The second-order valence-electron chi connectivity index (χ2n) is 5.68.